The minimum Gasteiger partial charge on any atom is -0.487 e. The van der Waals surface area contributed by atoms with Gasteiger partial charge in [-0.3, -0.25) is 4.79 Å². The van der Waals surface area contributed by atoms with E-state index in [0.29, 0.717) is 43.1 Å². The van der Waals surface area contributed by atoms with Crippen LogP contribution in [0.15, 0.2) is 41.9 Å². The number of carbonyl (C=O) groups is 1. The van der Waals surface area contributed by atoms with Crippen LogP contribution in [0.25, 0.3) is 21.6 Å². The second kappa shape index (κ2) is 8.49. The number of rotatable bonds is 3. The molecule has 0 spiro atoms. The Morgan fingerprint density at radius 1 is 1.23 bits per heavy atom. The molecule has 2 aliphatic heterocycles. The summed E-state index contributed by atoms with van der Waals surface area (Å²) in [6.07, 6.45) is 2.71. The molecule has 1 fully saturated rings. The molecule has 5 rings (SSSR count). The number of fused-ring (bicyclic) bond motifs is 1. The molecule has 3 aromatic rings. The Morgan fingerprint density at radius 2 is 2.06 bits per heavy atom. The number of aromatic nitrogens is 1. The molecule has 0 bridgehead atoms. The maximum absolute atomic E-state index is 12.8. The summed E-state index contributed by atoms with van der Waals surface area (Å²) in [6, 6.07) is 9.52. The smallest absolute Gasteiger partial charge is 0.253 e. The van der Waals surface area contributed by atoms with Crippen LogP contribution in [-0.2, 0) is 0 Å². The molecule has 160 valence electrons. The molecule has 31 heavy (non-hydrogen) atoms. The summed E-state index contributed by atoms with van der Waals surface area (Å²) in [5, 5.41) is 15.6. The van der Waals surface area contributed by atoms with Crippen LogP contribution in [0.4, 0.5) is 5.82 Å². The lowest BCUT2D eigenvalue weighted by atomic mass is 10.0. The highest BCUT2D eigenvalue weighted by atomic mass is 35.5. The highest BCUT2D eigenvalue weighted by Crippen LogP contribution is 2.41. The average molecular weight is 456 g/mol. The maximum Gasteiger partial charge on any atom is 0.253 e. The topological polar surface area (TPSA) is 74.7 Å². The van der Waals surface area contributed by atoms with Gasteiger partial charge in [-0.25, -0.2) is 4.98 Å². The number of ether oxygens (including phenoxy) is 1. The Hall–Kier alpha value is -2.61. The predicted molar refractivity (Wildman–Crippen MR) is 123 cm³/mol. The van der Waals surface area contributed by atoms with E-state index in [2.05, 4.69) is 21.7 Å². The predicted octanol–water partition coefficient (Wildman–Crippen LogP) is 4.53. The lowest BCUT2D eigenvalue weighted by Crippen LogP contribution is -2.40. The number of aliphatic hydroxyl groups excluding tert-OH is 1. The van der Waals surface area contributed by atoms with Gasteiger partial charge >= 0.3 is 0 Å². The van der Waals surface area contributed by atoms with Crippen molar-refractivity contribution in [1.29, 1.82) is 0 Å². The molecule has 1 amide bonds. The van der Waals surface area contributed by atoms with Crippen LogP contribution >= 0.6 is 22.9 Å². The van der Waals surface area contributed by atoms with Gasteiger partial charge in [0, 0.05) is 40.9 Å². The van der Waals surface area contributed by atoms with E-state index in [0.717, 1.165) is 39.7 Å². The van der Waals surface area contributed by atoms with Gasteiger partial charge in [-0.2, -0.15) is 0 Å². The molecular formula is C23H22ClN3O3S. The number of nitrogens with one attached hydrogen (secondary N) is 1. The van der Waals surface area contributed by atoms with E-state index in [4.69, 9.17) is 16.3 Å². The van der Waals surface area contributed by atoms with Gasteiger partial charge in [0.1, 0.15) is 6.61 Å². The number of hydrogen-bond donors (Lipinski definition) is 2. The number of aliphatic hydroxyl groups is 1. The summed E-state index contributed by atoms with van der Waals surface area (Å²) in [5.41, 5.74) is 3.51. The van der Waals surface area contributed by atoms with Crippen LogP contribution < -0.4 is 10.1 Å². The van der Waals surface area contributed by atoms with Gasteiger partial charge < -0.3 is 20.1 Å². The molecule has 4 heterocycles. The van der Waals surface area contributed by atoms with E-state index < -0.39 is 0 Å². The fourth-order valence-corrected chi connectivity index (χ4v) is 5.28. The van der Waals surface area contributed by atoms with Gasteiger partial charge in [0.25, 0.3) is 5.91 Å². The van der Waals surface area contributed by atoms with Gasteiger partial charge in [-0.1, -0.05) is 17.7 Å². The number of piperidine rings is 1. The number of pyridine rings is 1. The molecule has 6 nitrogen and oxygen atoms in total. The first-order chi connectivity index (χ1) is 15.1. The molecule has 8 heteroatoms. The summed E-state index contributed by atoms with van der Waals surface area (Å²) < 4.78 is 5.85. The van der Waals surface area contributed by atoms with Crippen molar-refractivity contribution < 1.29 is 14.6 Å². The van der Waals surface area contributed by atoms with E-state index in [1.54, 1.807) is 28.5 Å². The fourth-order valence-electron chi connectivity index (χ4n) is 3.99. The van der Waals surface area contributed by atoms with Crippen molar-refractivity contribution in [3.63, 3.8) is 0 Å². The van der Waals surface area contributed by atoms with Crippen molar-refractivity contribution in [2.24, 2.45) is 0 Å². The first kappa shape index (κ1) is 20.3. The molecule has 1 saturated heterocycles. The lowest BCUT2D eigenvalue weighted by molar-refractivity contribution is 0.0546. The van der Waals surface area contributed by atoms with Crippen molar-refractivity contribution in [2.75, 3.05) is 31.6 Å². The van der Waals surface area contributed by atoms with Gasteiger partial charge in [0.05, 0.1) is 17.7 Å². The van der Waals surface area contributed by atoms with Crippen molar-refractivity contribution in [1.82, 2.24) is 9.88 Å². The lowest BCUT2D eigenvalue weighted by Gasteiger charge is -2.29. The molecule has 1 aromatic carbocycles. The third kappa shape index (κ3) is 4.01. The number of anilines is 1. The summed E-state index contributed by atoms with van der Waals surface area (Å²) in [7, 11) is 0. The van der Waals surface area contributed by atoms with Crippen LogP contribution in [0.3, 0.4) is 0 Å². The van der Waals surface area contributed by atoms with E-state index in [-0.39, 0.29) is 12.0 Å². The van der Waals surface area contributed by atoms with Gasteiger partial charge in [0.15, 0.2) is 11.6 Å². The largest absolute Gasteiger partial charge is 0.487 e. The third-order valence-electron chi connectivity index (χ3n) is 5.69. The maximum atomic E-state index is 12.8. The van der Waals surface area contributed by atoms with Crippen molar-refractivity contribution >= 4 is 34.7 Å². The standard InChI is InChI=1S/C23H22ClN3O3S/c24-19-11-14(23(29)27-8-4-16(28)5-9-27)1-2-18(19)20-12-15(13-31-20)17-3-6-25-22-21(17)30-10-7-26-22/h1-3,6,11-13,16,28H,4-5,7-10H2,(H,25,26). The van der Waals surface area contributed by atoms with Crippen LogP contribution in [0.5, 0.6) is 5.75 Å². The number of hydrogen-bond acceptors (Lipinski definition) is 6. The normalized spacial score (nSPS) is 16.4. The molecule has 0 saturated carbocycles. The quantitative estimate of drug-likeness (QED) is 0.606. The molecule has 0 radical (unpaired) electrons. The molecule has 2 N–H and O–H groups in total. The number of nitrogens with zero attached hydrogens (tertiary/aromatic N) is 2. The Bertz CT molecular complexity index is 1130. The summed E-state index contributed by atoms with van der Waals surface area (Å²) in [4.78, 5) is 19.9. The summed E-state index contributed by atoms with van der Waals surface area (Å²) in [5.74, 6) is 1.50. The highest BCUT2D eigenvalue weighted by Gasteiger charge is 2.23. The zero-order valence-corrected chi connectivity index (χ0v) is 18.4. The minimum atomic E-state index is -0.310. The number of benzene rings is 1. The number of likely N-dealkylation sites (tertiary alicyclic amines) is 1. The van der Waals surface area contributed by atoms with E-state index in [9.17, 15) is 9.90 Å². The molecule has 2 aromatic heterocycles. The number of carbonyl (C=O) groups excluding carboxylic acids is 1. The number of halogens is 1. The molecule has 0 aliphatic carbocycles. The van der Waals surface area contributed by atoms with Crippen LogP contribution in [0.2, 0.25) is 5.02 Å². The SMILES string of the molecule is O=C(c1ccc(-c2cc(-c3ccnc4c3OCCN4)cs2)c(Cl)c1)N1CCC(O)CC1. The molecule has 0 unspecified atom stereocenters. The summed E-state index contributed by atoms with van der Waals surface area (Å²) >= 11 is 8.19. The first-order valence-electron chi connectivity index (χ1n) is 10.3. The van der Waals surface area contributed by atoms with Crippen molar-refractivity contribution in [2.45, 2.75) is 18.9 Å². The van der Waals surface area contributed by atoms with E-state index in [1.807, 2.05) is 18.2 Å². The van der Waals surface area contributed by atoms with Gasteiger partial charge in [-0.05, 0) is 48.1 Å². The fraction of sp³-hybridized carbons (Fsp3) is 0.304. The highest BCUT2D eigenvalue weighted by molar-refractivity contribution is 7.14. The molecule has 2 aliphatic rings. The Labute approximate surface area is 189 Å². The second-order valence-corrected chi connectivity index (χ2v) is 9.05. The molecular weight excluding hydrogens is 434 g/mol. The minimum absolute atomic E-state index is 0.0414. The number of amides is 1. The van der Waals surface area contributed by atoms with Crippen molar-refractivity contribution in [3.05, 3.63) is 52.5 Å². The monoisotopic (exact) mass is 455 g/mol. The van der Waals surface area contributed by atoms with E-state index >= 15 is 0 Å². The van der Waals surface area contributed by atoms with Gasteiger partial charge in [0.2, 0.25) is 0 Å². The second-order valence-electron chi connectivity index (χ2n) is 7.73. The zero-order valence-electron chi connectivity index (χ0n) is 16.8. The Morgan fingerprint density at radius 3 is 2.87 bits per heavy atom. The van der Waals surface area contributed by atoms with Crippen LogP contribution in [0.1, 0.15) is 23.2 Å². The summed E-state index contributed by atoms with van der Waals surface area (Å²) in [6.45, 7) is 2.50. The van der Waals surface area contributed by atoms with Crippen LogP contribution in [-0.4, -0.2) is 53.2 Å². The Balaban J connectivity index is 1.40. The first-order valence-corrected chi connectivity index (χ1v) is 11.6. The molecule has 0 atom stereocenters. The number of thiophene rings is 1. The average Bonchev–Trinajstić information content (AvgIpc) is 3.28. The Kier molecular flexibility index (Phi) is 5.56. The van der Waals surface area contributed by atoms with Crippen molar-refractivity contribution in [3.8, 4) is 27.3 Å². The van der Waals surface area contributed by atoms with Crippen LogP contribution in [0, 0.1) is 0 Å². The third-order valence-corrected chi connectivity index (χ3v) is 6.97. The van der Waals surface area contributed by atoms with E-state index in [1.165, 1.54) is 0 Å². The van der Waals surface area contributed by atoms with Gasteiger partial charge in [-0.15, -0.1) is 11.3 Å². The zero-order chi connectivity index (χ0) is 21.4.